The first kappa shape index (κ1) is 14.0. The fourth-order valence-electron chi connectivity index (χ4n) is 2.79. The SMILES string of the molecule is Cc1nc(CCNC2CCCC(C)(C)CC2)cs1. The normalized spacial score (nSPS) is 23.8. The van der Waals surface area contributed by atoms with Crippen LogP contribution in [0.15, 0.2) is 5.38 Å². The van der Waals surface area contributed by atoms with Crippen molar-refractivity contribution in [2.45, 2.75) is 65.3 Å². The molecule has 2 rings (SSSR count). The van der Waals surface area contributed by atoms with Crippen molar-refractivity contribution in [1.29, 1.82) is 0 Å². The predicted octanol–water partition coefficient (Wildman–Crippen LogP) is 3.94. The molecule has 0 saturated heterocycles. The van der Waals surface area contributed by atoms with Gasteiger partial charge in [0.15, 0.2) is 0 Å². The van der Waals surface area contributed by atoms with Gasteiger partial charge in [0.05, 0.1) is 10.7 Å². The number of aryl methyl sites for hydroxylation is 1. The van der Waals surface area contributed by atoms with Gasteiger partial charge in [0.25, 0.3) is 0 Å². The lowest BCUT2D eigenvalue weighted by atomic mass is 9.85. The quantitative estimate of drug-likeness (QED) is 0.835. The number of hydrogen-bond donors (Lipinski definition) is 1. The van der Waals surface area contributed by atoms with Crippen LogP contribution in [-0.2, 0) is 6.42 Å². The van der Waals surface area contributed by atoms with E-state index in [1.54, 1.807) is 11.3 Å². The van der Waals surface area contributed by atoms with Crippen LogP contribution in [0.3, 0.4) is 0 Å². The maximum Gasteiger partial charge on any atom is 0.0897 e. The van der Waals surface area contributed by atoms with Crippen molar-refractivity contribution in [2.24, 2.45) is 5.41 Å². The molecule has 0 aliphatic heterocycles. The smallest absolute Gasteiger partial charge is 0.0897 e. The Morgan fingerprint density at radius 1 is 1.39 bits per heavy atom. The van der Waals surface area contributed by atoms with Crippen LogP contribution in [0.2, 0.25) is 0 Å². The fraction of sp³-hybridized carbons (Fsp3) is 0.800. The van der Waals surface area contributed by atoms with E-state index >= 15 is 0 Å². The molecule has 1 aromatic heterocycles. The van der Waals surface area contributed by atoms with Gasteiger partial charge in [-0.1, -0.05) is 20.3 Å². The highest BCUT2D eigenvalue weighted by molar-refractivity contribution is 7.09. The first-order valence-corrected chi connectivity index (χ1v) is 8.07. The Morgan fingerprint density at radius 3 is 2.94 bits per heavy atom. The molecule has 1 aromatic rings. The molecule has 1 atom stereocenters. The van der Waals surface area contributed by atoms with Crippen molar-refractivity contribution in [2.75, 3.05) is 6.54 Å². The first-order chi connectivity index (χ1) is 8.55. The van der Waals surface area contributed by atoms with Crippen LogP contribution in [0.25, 0.3) is 0 Å². The molecule has 18 heavy (non-hydrogen) atoms. The second kappa shape index (κ2) is 6.16. The average Bonchev–Trinajstić information content (AvgIpc) is 2.63. The molecule has 0 radical (unpaired) electrons. The van der Waals surface area contributed by atoms with Gasteiger partial charge < -0.3 is 5.32 Å². The van der Waals surface area contributed by atoms with E-state index in [4.69, 9.17) is 0 Å². The Morgan fingerprint density at radius 2 is 2.22 bits per heavy atom. The van der Waals surface area contributed by atoms with Crippen LogP contribution in [0.5, 0.6) is 0 Å². The van der Waals surface area contributed by atoms with E-state index in [9.17, 15) is 0 Å². The summed E-state index contributed by atoms with van der Waals surface area (Å²) < 4.78 is 0. The van der Waals surface area contributed by atoms with Gasteiger partial charge >= 0.3 is 0 Å². The zero-order valence-electron chi connectivity index (χ0n) is 12.0. The molecule has 0 bridgehead atoms. The van der Waals surface area contributed by atoms with E-state index in [-0.39, 0.29) is 0 Å². The molecule has 1 N–H and O–H groups in total. The van der Waals surface area contributed by atoms with E-state index < -0.39 is 0 Å². The third-order valence-electron chi connectivity index (χ3n) is 4.06. The zero-order chi connectivity index (χ0) is 13.0. The summed E-state index contributed by atoms with van der Waals surface area (Å²) in [6, 6.07) is 0.728. The Hall–Kier alpha value is -0.410. The summed E-state index contributed by atoms with van der Waals surface area (Å²) in [6.45, 7) is 7.98. The predicted molar refractivity (Wildman–Crippen MR) is 79.2 cm³/mol. The van der Waals surface area contributed by atoms with Gasteiger partial charge in [-0.25, -0.2) is 4.98 Å². The van der Waals surface area contributed by atoms with Crippen LogP contribution < -0.4 is 5.32 Å². The second-order valence-electron chi connectivity index (χ2n) is 6.35. The highest BCUT2D eigenvalue weighted by Gasteiger charge is 2.23. The van der Waals surface area contributed by atoms with Gasteiger partial charge in [-0.05, 0) is 38.0 Å². The highest BCUT2D eigenvalue weighted by Crippen LogP contribution is 2.33. The fourth-order valence-corrected chi connectivity index (χ4v) is 3.44. The minimum atomic E-state index is 0.558. The monoisotopic (exact) mass is 266 g/mol. The molecule has 1 heterocycles. The average molecular weight is 266 g/mol. The lowest BCUT2D eigenvalue weighted by Crippen LogP contribution is -2.30. The molecule has 3 heteroatoms. The summed E-state index contributed by atoms with van der Waals surface area (Å²) >= 11 is 1.75. The third kappa shape index (κ3) is 4.36. The minimum absolute atomic E-state index is 0.558. The van der Waals surface area contributed by atoms with Crippen molar-refractivity contribution in [1.82, 2.24) is 10.3 Å². The highest BCUT2D eigenvalue weighted by atomic mass is 32.1. The van der Waals surface area contributed by atoms with Crippen molar-refractivity contribution in [3.63, 3.8) is 0 Å². The maximum absolute atomic E-state index is 4.51. The summed E-state index contributed by atoms with van der Waals surface area (Å²) in [5, 5.41) is 7.09. The van der Waals surface area contributed by atoms with E-state index in [0.717, 1.165) is 19.0 Å². The van der Waals surface area contributed by atoms with Gasteiger partial charge in [0.2, 0.25) is 0 Å². The summed E-state index contributed by atoms with van der Waals surface area (Å²) in [4.78, 5) is 4.51. The van der Waals surface area contributed by atoms with Crippen LogP contribution in [0.4, 0.5) is 0 Å². The number of thiazole rings is 1. The number of hydrogen-bond acceptors (Lipinski definition) is 3. The number of nitrogens with one attached hydrogen (secondary N) is 1. The van der Waals surface area contributed by atoms with Gasteiger partial charge in [-0.3, -0.25) is 0 Å². The molecule has 0 aromatic carbocycles. The van der Waals surface area contributed by atoms with Crippen molar-refractivity contribution in [3.8, 4) is 0 Å². The zero-order valence-corrected chi connectivity index (χ0v) is 12.8. The number of aromatic nitrogens is 1. The topological polar surface area (TPSA) is 24.9 Å². The summed E-state index contributed by atoms with van der Waals surface area (Å²) in [7, 11) is 0. The summed E-state index contributed by atoms with van der Waals surface area (Å²) in [5.41, 5.74) is 1.81. The standard InChI is InChI=1S/C15H26N2S/c1-12-17-14(11-18-12)7-10-16-13-5-4-8-15(2,3)9-6-13/h11,13,16H,4-10H2,1-3H3. The molecule has 0 amide bonds. The van der Waals surface area contributed by atoms with Gasteiger partial charge in [-0.15, -0.1) is 11.3 Å². The van der Waals surface area contributed by atoms with Crippen LogP contribution in [-0.4, -0.2) is 17.6 Å². The van der Waals surface area contributed by atoms with Gasteiger partial charge in [-0.2, -0.15) is 0 Å². The van der Waals surface area contributed by atoms with E-state index in [2.05, 4.69) is 36.5 Å². The Kier molecular flexibility index (Phi) is 4.79. The summed E-state index contributed by atoms with van der Waals surface area (Å²) in [5.74, 6) is 0. The molecule has 2 nitrogen and oxygen atoms in total. The van der Waals surface area contributed by atoms with E-state index in [1.807, 2.05) is 0 Å². The molecule has 1 unspecified atom stereocenters. The molecule has 1 saturated carbocycles. The van der Waals surface area contributed by atoms with Crippen LogP contribution >= 0.6 is 11.3 Å². The van der Waals surface area contributed by atoms with Crippen molar-refractivity contribution < 1.29 is 0 Å². The largest absolute Gasteiger partial charge is 0.314 e. The number of rotatable bonds is 4. The van der Waals surface area contributed by atoms with E-state index in [1.165, 1.54) is 42.8 Å². The van der Waals surface area contributed by atoms with Crippen LogP contribution in [0, 0.1) is 12.3 Å². The van der Waals surface area contributed by atoms with Crippen molar-refractivity contribution >= 4 is 11.3 Å². The molecule has 1 fully saturated rings. The maximum atomic E-state index is 4.51. The lowest BCUT2D eigenvalue weighted by Gasteiger charge is -2.22. The van der Waals surface area contributed by atoms with Crippen molar-refractivity contribution in [3.05, 3.63) is 16.1 Å². The first-order valence-electron chi connectivity index (χ1n) is 7.20. The molecule has 1 aliphatic carbocycles. The molecular formula is C15H26N2S. The molecular weight excluding hydrogens is 240 g/mol. The van der Waals surface area contributed by atoms with Gasteiger partial charge in [0, 0.05) is 24.4 Å². The molecule has 0 spiro atoms. The number of nitrogens with zero attached hydrogens (tertiary/aromatic N) is 1. The third-order valence-corrected chi connectivity index (χ3v) is 4.88. The minimum Gasteiger partial charge on any atom is -0.314 e. The van der Waals surface area contributed by atoms with Crippen LogP contribution in [0.1, 0.15) is 56.7 Å². The second-order valence-corrected chi connectivity index (χ2v) is 7.42. The Balaban J connectivity index is 1.70. The molecule has 102 valence electrons. The van der Waals surface area contributed by atoms with E-state index in [0.29, 0.717) is 5.41 Å². The Bertz CT molecular complexity index is 370. The Labute approximate surface area is 115 Å². The van der Waals surface area contributed by atoms with Gasteiger partial charge in [0.1, 0.15) is 0 Å². The lowest BCUT2D eigenvalue weighted by molar-refractivity contribution is 0.310. The molecule has 1 aliphatic rings. The summed E-state index contributed by atoms with van der Waals surface area (Å²) in [6.07, 6.45) is 7.88.